The summed E-state index contributed by atoms with van der Waals surface area (Å²) in [4.78, 5) is 33.1. The number of aliphatic imine (C=N–C) groups is 2. The van der Waals surface area contributed by atoms with Gasteiger partial charge in [0.1, 0.15) is 5.82 Å². The van der Waals surface area contributed by atoms with Gasteiger partial charge in [0.2, 0.25) is 5.76 Å². The van der Waals surface area contributed by atoms with Crippen molar-refractivity contribution >= 4 is 36.0 Å². The summed E-state index contributed by atoms with van der Waals surface area (Å²) in [6.45, 7) is 8.53. The number of hydrogen-bond acceptors (Lipinski definition) is 8. The standard InChI is InChI=1S/C22H19FN8O2/c1-5-25-18(10-24-4)14-9-26-22-29-20(30-31(22)11-14)16-8-15(6-7-17(16)23)28-21(32)19-12(2)27-13(3)33-19/h5-11H,4H2,1-3H3,(H,28,32)/b18-10-,25-5-. The van der Waals surface area contributed by atoms with Gasteiger partial charge in [-0.15, -0.1) is 5.10 Å². The van der Waals surface area contributed by atoms with Crippen molar-refractivity contribution in [2.45, 2.75) is 20.8 Å². The van der Waals surface area contributed by atoms with E-state index in [-0.39, 0.29) is 22.9 Å². The first-order chi connectivity index (χ1) is 15.9. The van der Waals surface area contributed by atoms with Crippen LogP contribution >= 0.6 is 0 Å². The van der Waals surface area contributed by atoms with E-state index in [1.54, 1.807) is 39.4 Å². The van der Waals surface area contributed by atoms with E-state index in [0.29, 0.717) is 28.5 Å². The van der Waals surface area contributed by atoms with Gasteiger partial charge < -0.3 is 9.73 Å². The number of hydrogen-bond donors (Lipinski definition) is 1. The molecule has 1 aromatic carbocycles. The van der Waals surface area contributed by atoms with Gasteiger partial charge in [0, 0.05) is 36.8 Å². The predicted molar refractivity (Wildman–Crippen MR) is 122 cm³/mol. The van der Waals surface area contributed by atoms with Crippen LogP contribution in [0.1, 0.15) is 34.6 Å². The second-order valence-corrected chi connectivity index (χ2v) is 6.90. The number of carbonyl (C=O) groups excluding carboxylic acids is 1. The molecule has 0 atom stereocenters. The van der Waals surface area contributed by atoms with Crippen molar-refractivity contribution in [3.05, 3.63) is 65.5 Å². The SMILES string of the molecule is C=N/C=C(\N=C/C)c1cnc2nc(-c3cc(NC(=O)c4oc(C)nc4C)ccc3F)nn2c1. The van der Waals surface area contributed by atoms with Crippen molar-refractivity contribution in [2.75, 3.05) is 5.32 Å². The number of aryl methyl sites for hydroxylation is 2. The molecule has 1 amide bonds. The minimum Gasteiger partial charge on any atom is -0.436 e. The van der Waals surface area contributed by atoms with E-state index >= 15 is 0 Å². The number of halogens is 1. The third-order valence-electron chi connectivity index (χ3n) is 4.55. The molecule has 0 aliphatic rings. The zero-order valence-electron chi connectivity index (χ0n) is 18.1. The average molecular weight is 446 g/mol. The molecule has 0 fully saturated rings. The number of rotatable bonds is 6. The Bertz CT molecular complexity index is 1430. The number of amides is 1. The second-order valence-electron chi connectivity index (χ2n) is 6.90. The van der Waals surface area contributed by atoms with Crippen molar-refractivity contribution in [3.8, 4) is 11.4 Å². The lowest BCUT2D eigenvalue weighted by atomic mass is 10.1. The van der Waals surface area contributed by atoms with Crippen LogP contribution < -0.4 is 5.32 Å². The first kappa shape index (κ1) is 21.7. The van der Waals surface area contributed by atoms with Gasteiger partial charge in [0.25, 0.3) is 11.7 Å². The molecule has 0 aliphatic carbocycles. The largest absolute Gasteiger partial charge is 0.436 e. The topological polar surface area (TPSA) is 123 Å². The van der Waals surface area contributed by atoms with Crippen LogP contribution in [0, 0.1) is 19.7 Å². The maximum atomic E-state index is 14.6. The monoisotopic (exact) mass is 446 g/mol. The van der Waals surface area contributed by atoms with Crippen LogP contribution in [0.4, 0.5) is 10.1 Å². The number of benzene rings is 1. The number of oxazole rings is 1. The second kappa shape index (κ2) is 8.91. The van der Waals surface area contributed by atoms with E-state index in [1.807, 2.05) is 0 Å². The van der Waals surface area contributed by atoms with E-state index < -0.39 is 11.7 Å². The smallest absolute Gasteiger partial charge is 0.293 e. The zero-order valence-corrected chi connectivity index (χ0v) is 18.1. The Morgan fingerprint density at radius 1 is 1.30 bits per heavy atom. The van der Waals surface area contributed by atoms with E-state index in [0.717, 1.165) is 0 Å². The maximum absolute atomic E-state index is 14.6. The zero-order chi connectivity index (χ0) is 23.5. The van der Waals surface area contributed by atoms with Crippen LogP contribution in [0.25, 0.3) is 22.9 Å². The number of carbonyl (C=O) groups is 1. The Morgan fingerprint density at radius 3 is 2.82 bits per heavy atom. The summed E-state index contributed by atoms with van der Waals surface area (Å²) >= 11 is 0. The van der Waals surface area contributed by atoms with E-state index in [4.69, 9.17) is 4.42 Å². The van der Waals surface area contributed by atoms with Gasteiger partial charge in [-0.1, -0.05) is 0 Å². The summed E-state index contributed by atoms with van der Waals surface area (Å²) in [5, 5.41) is 7.02. The fraction of sp³-hybridized carbons (Fsp3) is 0.136. The van der Waals surface area contributed by atoms with Crippen molar-refractivity contribution in [1.82, 2.24) is 24.6 Å². The molecular formula is C22H19FN8O2. The number of fused-ring (bicyclic) bond motifs is 1. The number of nitrogens with zero attached hydrogens (tertiary/aromatic N) is 7. The van der Waals surface area contributed by atoms with Crippen LogP contribution in [0.5, 0.6) is 0 Å². The molecule has 3 aromatic heterocycles. The molecule has 0 radical (unpaired) electrons. The molecule has 0 saturated heterocycles. The predicted octanol–water partition coefficient (Wildman–Crippen LogP) is 3.88. The van der Waals surface area contributed by atoms with E-state index in [1.165, 1.54) is 28.9 Å². The van der Waals surface area contributed by atoms with E-state index in [9.17, 15) is 9.18 Å². The number of anilines is 1. The highest BCUT2D eigenvalue weighted by atomic mass is 19.1. The Kier molecular flexibility index (Phi) is 5.85. The molecule has 0 bridgehead atoms. The summed E-state index contributed by atoms with van der Waals surface area (Å²) in [5.74, 6) is -0.208. The third kappa shape index (κ3) is 4.42. The molecule has 4 aromatic rings. The minimum absolute atomic E-state index is 0.0913. The Morgan fingerprint density at radius 2 is 2.12 bits per heavy atom. The Labute approximate surface area is 187 Å². The number of nitrogens with one attached hydrogen (secondary N) is 1. The van der Waals surface area contributed by atoms with Gasteiger partial charge in [0.05, 0.1) is 23.2 Å². The molecule has 4 rings (SSSR count). The van der Waals surface area contributed by atoms with Crippen LogP contribution in [-0.2, 0) is 0 Å². The lowest BCUT2D eigenvalue weighted by Gasteiger charge is -2.06. The highest BCUT2D eigenvalue weighted by molar-refractivity contribution is 6.03. The summed E-state index contributed by atoms with van der Waals surface area (Å²) in [6.07, 6.45) is 6.32. The molecule has 3 heterocycles. The highest BCUT2D eigenvalue weighted by Gasteiger charge is 2.18. The van der Waals surface area contributed by atoms with Crippen molar-refractivity contribution in [2.24, 2.45) is 9.98 Å². The highest BCUT2D eigenvalue weighted by Crippen LogP contribution is 2.25. The quantitative estimate of drug-likeness (QED) is 0.449. The molecule has 166 valence electrons. The van der Waals surface area contributed by atoms with Gasteiger partial charge in [-0.3, -0.25) is 14.8 Å². The molecule has 0 spiro atoms. The molecule has 1 N–H and O–H groups in total. The lowest BCUT2D eigenvalue weighted by Crippen LogP contribution is -2.12. The summed E-state index contributed by atoms with van der Waals surface area (Å²) in [6, 6.07) is 4.10. The molecular weight excluding hydrogens is 427 g/mol. The van der Waals surface area contributed by atoms with Crippen molar-refractivity contribution < 1.29 is 13.6 Å². The van der Waals surface area contributed by atoms with Crippen molar-refractivity contribution in [3.63, 3.8) is 0 Å². The molecule has 0 aliphatic heterocycles. The average Bonchev–Trinajstić information content (AvgIpc) is 3.36. The summed E-state index contributed by atoms with van der Waals surface area (Å²) in [5.41, 5.74) is 2.07. The van der Waals surface area contributed by atoms with Gasteiger partial charge >= 0.3 is 0 Å². The molecule has 33 heavy (non-hydrogen) atoms. The summed E-state index contributed by atoms with van der Waals surface area (Å²) < 4.78 is 21.4. The van der Waals surface area contributed by atoms with Gasteiger partial charge in [0.15, 0.2) is 11.7 Å². The first-order valence-corrected chi connectivity index (χ1v) is 9.82. The fourth-order valence-electron chi connectivity index (χ4n) is 3.14. The third-order valence-corrected chi connectivity index (χ3v) is 4.55. The Balaban J connectivity index is 1.68. The van der Waals surface area contributed by atoms with Crippen molar-refractivity contribution in [1.29, 1.82) is 0 Å². The molecule has 0 saturated carbocycles. The van der Waals surface area contributed by atoms with Crippen LogP contribution in [0.15, 0.2) is 51.2 Å². The fourth-order valence-corrected chi connectivity index (χ4v) is 3.14. The number of aromatic nitrogens is 5. The van der Waals surface area contributed by atoms with Gasteiger partial charge in [-0.05, 0) is 38.8 Å². The van der Waals surface area contributed by atoms with Gasteiger partial charge in [-0.2, -0.15) is 4.98 Å². The van der Waals surface area contributed by atoms with Crippen LogP contribution in [0.3, 0.4) is 0 Å². The lowest BCUT2D eigenvalue weighted by molar-refractivity contribution is 0.0994. The maximum Gasteiger partial charge on any atom is 0.293 e. The van der Waals surface area contributed by atoms with Crippen LogP contribution in [-0.4, -0.2) is 43.4 Å². The van der Waals surface area contributed by atoms with Crippen LogP contribution in [0.2, 0.25) is 0 Å². The van der Waals surface area contributed by atoms with E-state index in [2.05, 4.69) is 42.1 Å². The van der Waals surface area contributed by atoms with Gasteiger partial charge in [-0.25, -0.2) is 18.9 Å². The normalized spacial score (nSPS) is 11.9. The molecule has 10 nitrogen and oxygen atoms in total. The Hall–Kier alpha value is -4.54. The minimum atomic E-state index is -0.553. The summed E-state index contributed by atoms with van der Waals surface area (Å²) in [7, 11) is 0. The molecule has 0 unspecified atom stereocenters. The first-order valence-electron chi connectivity index (χ1n) is 9.82. The molecule has 11 heteroatoms.